The highest BCUT2D eigenvalue weighted by Crippen LogP contribution is 2.24. The van der Waals surface area contributed by atoms with Gasteiger partial charge in [-0.2, -0.15) is 0 Å². The van der Waals surface area contributed by atoms with Crippen LogP contribution in [0.3, 0.4) is 0 Å². The summed E-state index contributed by atoms with van der Waals surface area (Å²) in [4.78, 5) is 28.2. The molecule has 7 heteroatoms. The summed E-state index contributed by atoms with van der Waals surface area (Å²) < 4.78 is 7.65. The maximum Gasteiger partial charge on any atom is 0.248 e. The smallest absolute Gasteiger partial charge is 0.248 e. The Morgan fingerprint density at radius 2 is 1.87 bits per heavy atom. The van der Waals surface area contributed by atoms with Crippen LogP contribution >= 0.6 is 0 Å². The van der Waals surface area contributed by atoms with Crippen molar-refractivity contribution < 1.29 is 14.3 Å². The molecule has 0 saturated carbocycles. The Balaban J connectivity index is 1.39. The Morgan fingerprint density at radius 1 is 1.07 bits per heavy atom. The predicted octanol–water partition coefficient (Wildman–Crippen LogP) is 3.72. The van der Waals surface area contributed by atoms with Crippen LogP contribution in [0.5, 0.6) is 11.5 Å². The fourth-order valence-electron chi connectivity index (χ4n) is 3.11. The highest BCUT2D eigenvalue weighted by Gasteiger charge is 2.10. The zero-order valence-corrected chi connectivity index (χ0v) is 16.3. The van der Waals surface area contributed by atoms with E-state index in [0.717, 1.165) is 11.2 Å². The fraction of sp³-hybridized carbons (Fsp3) is 0.0870. The first-order valence-corrected chi connectivity index (χ1v) is 9.39. The molecule has 2 amide bonds. The number of aromatic nitrogens is 2. The molecule has 0 bridgehead atoms. The minimum atomic E-state index is -0.515. The minimum absolute atomic E-state index is 0.154. The Bertz CT molecular complexity index is 1230. The highest BCUT2D eigenvalue weighted by atomic mass is 16.5. The summed E-state index contributed by atoms with van der Waals surface area (Å²) in [5.74, 6) is 0.411. The lowest BCUT2D eigenvalue weighted by atomic mass is 10.2. The van der Waals surface area contributed by atoms with Crippen LogP contribution in [0.25, 0.3) is 5.65 Å². The summed E-state index contributed by atoms with van der Waals surface area (Å²) in [7, 11) is 0. The Labute approximate surface area is 173 Å². The number of nitrogens with zero attached hydrogens (tertiary/aromatic N) is 2. The number of nitrogens with two attached hydrogens (primary N) is 1. The first-order chi connectivity index (χ1) is 14.5. The summed E-state index contributed by atoms with van der Waals surface area (Å²) in [5, 5.41) is 2.86. The number of carbonyl (C=O) groups is 2. The van der Waals surface area contributed by atoms with Crippen LogP contribution in [0.4, 0.5) is 5.69 Å². The summed E-state index contributed by atoms with van der Waals surface area (Å²) in [6.45, 7) is 1.99. The summed E-state index contributed by atoms with van der Waals surface area (Å²) in [5.41, 5.74) is 8.92. The van der Waals surface area contributed by atoms with Gasteiger partial charge in [0, 0.05) is 23.6 Å². The van der Waals surface area contributed by atoms with Gasteiger partial charge in [0.1, 0.15) is 17.1 Å². The molecule has 2 aromatic carbocycles. The van der Waals surface area contributed by atoms with Crippen LogP contribution in [-0.4, -0.2) is 21.2 Å². The molecule has 0 atom stereocenters. The molecule has 150 valence electrons. The second-order valence-corrected chi connectivity index (χ2v) is 6.90. The van der Waals surface area contributed by atoms with Gasteiger partial charge in [-0.15, -0.1) is 0 Å². The molecule has 0 radical (unpaired) electrons. The highest BCUT2D eigenvalue weighted by molar-refractivity contribution is 5.93. The van der Waals surface area contributed by atoms with E-state index in [2.05, 4.69) is 10.3 Å². The maximum absolute atomic E-state index is 12.4. The molecule has 0 aliphatic rings. The Hall–Kier alpha value is -4.13. The molecule has 0 fully saturated rings. The molecule has 2 heterocycles. The van der Waals surface area contributed by atoms with Crippen molar-refractivity contribution in [3.63, 3.8) is 0 Å². The normalized spacial score (nSPS) is 10.7. The van der Waals surface area contributed by atoms with Crippen molar-refractivity contribution in [2.45, 2.75) is 13.3 Å². The molecule has 4 aromatic rings. The van der Waals surface area contributed by atoms with E-state index in [0.29, 0.717) is 28.4 Å². The third-order valence-corrected chi connectivity index (χ3v) is 4.56. The second kappa shape index (κ2) is 8.08. The number of aryl methyl sites for hydroxylation is 1. The number of anilines is 1. The lowest BCUT2D eigenvalue weighted by Crippen LogP contribution is -2.14. The van der Waals surface area contributed by atoms with Crippen molar-refractivity contribution in [3.05, 3.63) is 89.9 Å². The van der Waals surface area contributed by atoms with E-state index in [1.165, 1.54) is 0 Å². The van der Waals surface area contributed by atoms with Crippen molar-refractivity contribution in [1.29, 1.82) is 0 Å². The standard InChI is InChI=1S/C23H20N4O3/c1-15-4-3-11-27-14-18(26-23(15)27)13-21(28)25-17-7-9-19(10-8-17)30-20-6-2-5-16(12-20)22(24)29/h2-12,14H,13H2,1H3,(H2,24,29)(H,25,28). The van der Waals surface area contributed by atoms with Gasteiger partial charge in [0.2, 0.25) is 11.8 Å². The molecular weight excluding hydrogens is 380 g/mol. The van der Waals surface area contributed by atoms with Crippen molar-refractivity contribution >= 4 is 23.1 Å². The molecule has 0 aliphatic heterocycles. The van der Waals surface area contributed by atoms with Crippen molar-refractivity contribution in [2.75, 3.05) is 5.32 Å². The van der Waals surface area contributed by atoms with E-state index < -0.39 is 5.91 Å². The summed E-state index contributed by atoms with van der Waals surface area (Å²) in [6.07, 6.45) is 3.95. The number of amides is 2. The SMILES string of the molecule is Cc1cccn2cc(CC(=O)Nc3ccc(Oc4cccc(C(N)=O)c4)cc3)nc12. The van der Waals surface area contributed by atoms with E-state index >= 15 is 0 Å². The topological polar surface area (TPSA) is 98.7 Å². The first-order valence-electron chi connectivity index (χ1n) is 9.39. The Morgan fingerprint density at radius 3 is 2.60 bits per heavy atom. The van der Waals surface area contributed by atoms with E-state index in [-0.39, 0.29) is 12.3 Å². The predicted molar refractivity (Wildman–Crippen MR) is 114 cm³/mol. The molecular formula is C23H20N4O3. The monoisotopic (exact) mass is 400 g/mol. The zero-order valence-electron chi connectivity index (χ0n) is 16.3. The van der Waals surface area contributed by atoms with E-state index in [9.17, 15) is 9.59 Å². The molecule has 30 heavy (non-hydrogen) atoms. The Kier molecular flexibility index (Phi) is 5.17. The summed E-state index contributed by atoms with van der Waals surface area (Å²) in [6, 6.07) is 17.5. The van der Waals surface area contributed by atoms with Crippen LogP contribution in [0.2, 0.25) is 0 Å². The number of imidazole rings is 1. The van der Waals surface area contributed by atoms with Crippen LogP contribution in [0.1, 0.15) is 21.6 Å². The van der Waals surface area contributed by atoms with Crippen molar-refractivity contribution in [1.82, 2.24) is 9.38 Å². The van der Waals surface area contributed by atoms with E-state index in [1.807, 2.05) is 35.9 Å². The average molecular weight is 400 g/mol. The van der Waals surface area contributed by atoms with Crippen LogP contribution in [0.15, 0.2) is 73.1 Å². The number of ether oxygens (including phenoxy) is 1. The van der Waals surface area contributed by atoms with Gasteiger partial charge in [-0.1, -0.05) is 12.1 Å². The van der Waals surface area contributed by atoms with Crippen molar-refractivity contribution in [2.24, 2.45) is 5.73 Å². The molecule has 0 saturated heterocycles. The van der Waals surface area contributed by atoms with Gasteiger partial charge in [-0.05, 0) is 61.0 Å². The quantitative estimate of drug-likeness (QED) is 0.515. The van der Waals surface area contributed by atoms with Gasteiger partial charge in [-0.25, -0.2) is 4.98 Å². The largest absolute Gasteiger partial charge is 0.457 e. The number of carbonyl (C=O) groups excluding carboxylic acids is 2. The molecule has 0 unspecified atom stereocenters. The summed E-state index contributed by atoms with van der Waals surface area (Å²) >= 11 is 0. The van der Waals surface area contributed by atoms with E-state index in [1.54, 1.807) is 48.5 Å². The zero-order chi connectivity index (χ0) is 21.1. The second-order valence-electron chi connectivity index (χ2n) is 6.90. The van der Waals surface area contributed by atoms with Crippen LogP contribution in [0, 0.1) is 6.92 Å². The number of primary amides is 1. The van der Waals surface area contributed by atoms with Gasteiger partial charge < -0.3 is 20.2 Å². The number of pyridine rings is 1. The molecule has 7 nitrogen and oxygen atoms in total. The van der Waals surface area contributed by atoms with Crippen LogP contribution in [-0.2, 0) is 11.2 Å². The number of benzene rings is 2. The minimum Gasteiger partial charge on any atom is -0.457 e. The van der Waals surface area contributed by atoms with Gasteiger partial charge in [0.15, 0.2) is 0 Å². The number of rotatable bonds is 6. The lowest BCUT2D eigenvalue weighted by molar-refractivity contribution is -0.115. The first kappa shape index (κ1) is 19.2. The maximum atomic E-state index is 12.4. The van der Waals surface area contributed by atoms with Gasteiger partial charge in [-0.3, -0.25) is 9.59 Å². The third-order valence-electron chi connectivity index (χ3n) is 4.56. The molecule has 0 aliphatic carbocycles. The van der Waals surface area contributed by atoms with E-state index in [4.69, 9.17) is 10.5 Å². The molecule has 3 N–H and O–H groups in total. The number of fused-ring (bicyclic) bond motifs is 1. The van der Waals surface area contributed by atoms with Gasteiger partial charge >= 0.3 is 0 Å². The number of hydrogen-bond donors (Lipinski definition) is 2. The number of nitrogens with one attached hydrogen (secondary N) is 1. The molecule has 4 rings (SSSR count). The van der Waals surface area contributed by atoms with Crippen molar-refractivity contribution in [3.8, 4) is 11.5 Å². The average Bonchev–Trinajstić information content (AvgIpc) is 3.13. The molecule has 2 aromatic heterocycles. The third kappa shape index (κ3) is 4.30. The fourth-order valence-corrected chi connectivity index (χ4v) is 3.11. The molecule has 0 spiro atoms. The number of hydrogen-bond acceptors (Lipinski definition) is 4. The van der Waals surface area contributed by atoms with Gasteiger partial charge in [0.05, 0.1) is 12.1 Å². The van der Waals surface area contributed by atoms with Gasteiger partial charge in [0.25, 0.3) is 0 Å². The van der Waals surface area contributed by atoms with Crippen LogP contribution < -0.4 is 15.8 Å². The lowest BCUT2D eigenvalue weighted by Gasteiger charge is -2.08.